The number of methoxy groups -OCH3 is 1. The lowest BCUT2D eigenvalue weighted by molar-refractivity contribution is -0.0716. The molecule has 0 spiro atoms. The lowest BCUT2D eigenvalue weighted by Crippen LogP contribution is -2.43. The Labute approximate surface area is 108 Å². The Morgan fingerprint density at radius 3 is 2.44 bits per heavy atom. The van der Waals surface area contributed by atoms with Crippen LogP contribution in [0.5, 0.6) is 5.75 Å². The van der Waals surface area contributed by atoms with E-state index in [2.05, 4.69) is 6.07 Å². The summed E-state index contributed by atoms with van der Waals surface area (Å²) in [6, 6.07) is 10.3. The lowest BCUT2D eigenvalue weighted by atomic mass is 9.70. The van der Waals surface area contributed by atoms with Crippen LogP contribution < -0.4 is 4.74 Å². The maximum absolute atomic E-state index is 9.62. The van der Waals surface area contributed by atoms with Crippen molar-refractivity contribution in [3.63, 3.8) is 0 Å². The monoisotopic (exact) mass is 245 g/mol. The predicted molar refractivity (Wildman–Crippen MR) is 69.6 cm³/mol. The zero-order chi connectivity index (χ0) is 13.2. The standard InChI is InChI=1S/C15H19NO2/c1-14(2)10-15(11-16,8-9-18-14)12-4-6-13(17-3)7-5-12/h4-7H,8-10H2,1-3H3/t15-/m1/s1. The minimum absolute atomic E-state index is 0.242. The lowest BCUT2D eigenvalue weighted by Gasteiger charge is -2.41. The molecule has 0 unspecified atom stereocenters. The zero-order valence-corrected chi connectivity index (χ0v) is 11.2. The molecule has 2 rings (SSSR count). The van der Waals surface area contributed by atoms with Crippen LogP contribution in [0.25, 0.3) is 0 Å². The van der Waals surface area contributed by atoms with Crippen molar-refractivity contribution < 1.29 is 9.47 Å². The molecule has 1 fully saturated rings. The van der Waals surface area contributed by atoms with Gasteiger partial charge in [0, 0.05) is 6.61 Å². The fraction of sp³-hybridized carbons (Fsp3) is 0.533. The molecule has 0 N–H and O–H groups in total. The minimum Gasteiger partial charge on any atom is -0.497 e. The molecule has 1 aliphatic heterocycles. The summed E-state index contributed by atoms with van der Waals surface area (Å²) in [4.78, 5) is 0. The van der Waals surface area contributed by atoms with Gasteiger partial charge in [-0.3, -0.25) is 0 Å². The summed E-state index contributed by atoms with van der Waals surface area (Å²) in [7, 11) is 1.65. The van der Waals surface area contributed by atoms with Crippen molar-refractivity contribution in [2.75, 3.05) is 13.7 Å². The third kappa shape index (κ3) is 2.34. The van der Waals surface area contributed by atoms with Crippen molar-refractivity contribution in [1.82, 2.24) is 0 Å². The van der Waals surface area contributed by atoms with E-state index in [4.69, 9.17) is 9.47 Å². The number of benzene rings is 1. The third-order valence-corrected chi connectivity index (χ3v) is 3.61. The van der Waals surface area contributed by atoms with Crippen molar-refractivity contribution in [1.29, 1.82) is 5.26 Å². The molecule has 0 bridgehead atoms. The smallest absolute Gasteiger partial charge is 0.118 e. The summed E-state index contributed by atoms with van der Waals surface area (Å²) in [6.45, 7) is 4.72. The molecule has 0 aromatic heterocycles. The maximum Gasteiger partial charge on any atom is 0.118 e. The highest BCUT2D eigenvalue weighted by atomic mass is 16.5. The van der Waals surface area contributed by atoms with Gasteiger partial charge in [-0.05, 0) is 44.4 Å². The highest BCUT2D eigenvalue weighted by Crippen LogP contribution is 2.41. The van der Waals surface area contributed by atoms with Gasteiger partial charge in [-0.15, -0.1) is 0 Å². The van der Waals surface area contributed by atoms with E-state index < -0.39 is 5.41 Å². The Kier molecular flexibility index (Phi) is 3.32. The van der Waals surface area contributed by atoms with Crippen molar-refractivity contribution in [3.05, 3.63) is 29.8 Å². The molecular weight excluding hydrogens is 226 g/mol. The van der Waals surface area contributed by atoms with Gasteiger partial charge in [-0.25, -0.2) is 0 Å². The molecule has 3 nitrogen and oxygen atoms in total. The van der Waals surface area contributed by atoms with Crippen LogP contribution >= 0.6 is 0 Å². The normalized spacial score (nSPS) is 26.3. The molecule has 18 heavy (non-hydrogen) atoms. The Bertz CT molecular complexity index is 458. The Hall–Kier alpha value is -1.53. The number of rotatable bonds is 2. The van der Waals surface area contributed by atoms with E-state index in [1.54, 1.807) is 7.11 Å². The van der Waals surface area contributed by atoms with Crippen LogP contribution in [0.2, 0.25) is 0 Å². The largest absolute Gasteiger partial charge is 0.497 e. The average Bonchev–Trinajstić information content (AvgIpc) is 2.37. The van der Waals surface area contributed by atoms with E-state index in [1.807, 2.05) is 38.1 Å². The van der Waals surface area contributed by atoms with E-state index in [0.29, 0.717) is 6.61 Å². The van der Waals surface area contributed by atoms with Gasteiger partial charge in [0.05, 0.1) is 24.2 Å². The molecule has 0 amide bonds. The van der Waals surface area contributed by atoms with Gasteiger partial charge in [-0.2, -0.15) is 5.26 Å². The van der Waals surface area contributed by atoms with Gasteiger partial charge in [0.2, 0.25) is 0 Å². The van der Waals surface area contributed by atoms with Crippen molar-refractivity contribution in [2.24, 2.45) is 0 Å². The maximum atomic E-state index is 9.62. The van der Waals surface area contributed by atoms with Crippen LogP contribution in [0.15, 0.2) is 24.3 Å². The average molecular weight is 245 g/mol. The molecule has 1 aromatic carbocycles. The van der Waals surface area contributed by atoms with Gasteiger partial charge in [-0.1, -0.05) is 12.1 Å². The highest BCUT2D eigenvalue weighted by molar-refractivity contribution is 5.37. The van der Waals surface area contributed by atoms with Gasteiger partial charge in [0.25, 0.3) is 0 Å². The Balaban J connectivity index is 2.34. The zero-order valence-electron chi connectivity index (χ0n) is 11.2. The fourth-order valence-corrected chi connectivity index (χ4v) is 2.68. The number of hydrogen-bond acceptors (Lipinski definition) is 3. The molecule has 1 aliphatic rings. The Morgan fingerprint density at radius 2 is 1.94 bits per heavy atom. The number of hydrogen-bond donors (Lipinski definition) is 0. The summed E-state index contributed by atoms with van der Waals surface area (Å²) >= 11 is 0. The Morgan fingerprint density at radius 1 is 1.28 bits per heavy atom. The fourth-order valence-electron chi connectivity index (χ4n) is 2.68. The number of nitriles is 1. The molecule has 0 radical (unpaired) electrons. The first kappa shape index (κ1) is 12.9. The second-order valence-corrected chi connectivity index (χ2v) is 5.46. The van der Waals surface area contributed by atoms with E-state index in [-0.39, 0.29) is 5.60 Å². The van der Waals surface area contributed by atoms with Crippen LogP contribution in [0.3, 0.4) is 0 Å². The third-order valence-electron chi connectivity index (χ3n) is 3.61. The molecule has 1 aromatic rings. The summed E-state index contributed by atoms with van der Waals surface area (Å²) in [5, 5.41) is 9.62. The van der Waals surface area contributed by atoms with E-state index >= 15 is 0 Å². The summed E-state index contributed by atoms with van der Waals surface area (Å²) in [6.07, 6.45) is 1.47. The first-order valence-electron chi connectivity index (χ1n) is 6.21. The SMILES string of the molecule is COc1ccc([C@]2(C#N)CCOC(C)(C)C2)cc1. The molecule has 1 saturated heterocycles. The molecule has 3 heteroatoms. The highest BCUT2D eigenvalue weighted by Gasteiger charge is 2.42. The molecule has 0 saturated carbocycles. The van der Waals surface area contributed by atoms with Gasteiger partial charge >= 0.3 is 0 Å². The summed E-state index contributed by atoms with van der Waals surface area (Å²) in [5.41, 5.74) is 0.379. The van der Waals surface area contributed by atoms with Gasteiger partial charge < -0.3 is 9.47 Å². The van der Waals surface area contributed by atoms with Crippen LogP contribution in [-0.2, 0) is 10.2 Å². The van der Waals surface area contributed by atoms with Crippen molar-refractivity contribution in [2.45, 2.75) is 37.7 Å². The van der Waals surface area contributed by atoms with Crippen LogP contribution in [0.4, 0.5) is 0 Å². The molecule has 0 aliphatic carbocycles. The van der Waals surface area contributed by atoms with Gasteiger partial charge in [0.15, 0.2) is 0 Å². The summed E-state index contributed by atoms with van der Waals surface area (Å²) in [5.74, 6) is 0.818. The number of ether oxygens (including phenoxy) is 2. The van der Waals surface area contributed by atoms with Crippen LogP contribution in [0.1, 0.15) is 32.3 Å². The first-order valence-corrected chi connectivity index (χ1v) is 6.21. The van der Waals surface area contributed by atoms with Crippen molar-refractivity contribution in [3.8, 4) is 11.8 Å². The predicted octanol–water partition coefficient (Wildman–Crippen LogP) is 3.05. The minimum atomic E-state index is -0.436. The van der Waals surface area contributed by atoms with Gasteiger partial charge in [0.1, 0.15) is 5.75 Å². The molecule has 96 valence electrons. The first-order chi connectivity index (χ1) is 8.51. The molecule has 1 heterocycles. The van der Waals surface area contributed by atoms with Crippen molar-refractivity contribution >= 4 is 0 Å². The molecular formula is C15H19NO2. The topological polar surface area (TPSA) is 42.2 Å². The second kappa shape index (κ2) is 4.62. The second-order valence-electron chi connectivity index (χ2n) is 5.46. The van der Waals surface area contributed by atoms with Crippen LogP contribution in [0, 0.1) is 11.3 Å². The number of nitrogens with zero attached hydrogens (tertiary/aromatic N) is 1. The van der Waals surface area contributed by atoms with E-state index in [9.17, 15) is 5.26 Å². The van der Waals surface area contributed by atoms with Crippen LogP contribution in [-0.4, -0.2) is 19.3 Å². The molecule has 1 atom stereocenters. The van der Waals surface area contributed by atoms with E-state index in [0.717, 1.165) is 24.2 Å². The summed E-state index contributed by atoms with van der Waals surface area (Å²) < 4.78 is 10.9. The quantitative estimate of drug-likeness (QED) is 0.804. The van der Waals surface area contributed by atoms with E-state index in [1.165, 1.54) is 0 Å².